The summed E-state index contributed by atoms with van der Waals surface area (Å²) in [6, 6.07) is 3.07. The van der Waals surface area contributed by atoms with E-state index >= 15 is 0 Å². The Morgan fingerprint density at radius 2 is 1.69 bits per heavy atom. The Morgan fingerprint density at radius 1 is 0.962 bits per heavy atom. The van der Waals surface area contributed by atoms with Gasteiger partial charge in [-0.05, 0) is 39.5 Å². The van der Waals surface area contributed by atoms with Crippen molar-refractivity contribution >= 4 is 11.7 Å². The zero-order chi connectivity index (χ0) is 18.1. The number of nitrogens with zero attached hydrogens (tertiary/aromatic N) is 6. The van der Waals surface area contributed by atoms with Gasteiger partial charge < -0.3 is 9.80 Å². The van der Waals surface area contributed by atoms with Crippen LogP contribution < -0.4 is 4.90 Å². The van der Waals surface area contributed by atoms with Crippen molar-refractivity contribution < 1.29 is 4.79 Å². The van der Waals surface area contributed by atoms with Gasteiger partial charge in [-0.15, -0.1) is 0 Å². The lowest BCUT2D eigenvalue weighted by molar-refractivity contribution is 0.0705. The van der Waals surface area contributed by atoms with Crippen LogP contribution in [-0.2, 0) is 0 Å². The van der Waals surface area contributed by atoms with Crippen molar-refractivity contribution in [2.75, 3.05) is 18.0 Å². The maximum Gasteiger partial charge on any atom is 0.274 e. The number of carbonyl (C=O) groups excluding carboxylic acids is 1. The van der Waals surface area contributed by atoms with Gasteiger partial charge in [0.15, 0.2) is 0 Å². The van der Waals surface area contributed by atoms with Crippen molar-refractivity contribution in [3.05, 3.63) is 41.9 Å². The molecule has 1 aliphatic heterocycles. The SMILES string of the molecule is Cc1cnc(C(=O)N2CCC(N(c3cc(C)ncn3)C3CC3)CC2)cn1. The normalized spacial score (nSPS) is 18.0. The smallest absolute Gasteiger partial charge is 0.274 e. The summed E-state index contributed by atoms with van der Waals surface area (Å²) in [5, 5.41) is 0. The molecule has 7 nitrogen and oxygen atoms in total. The third-order valence-corrected chi connectivity index (χ3v) is 5.14. The molecule has 1 amide bonds. The molecule has 136 valence electrons. The molecule has 2 aliphatic rings. The van der Waals surface area contributed by atoms with Gasteiger partial charge in [0.1, 0.15) is 17.8 Å². The molecule has 2 aromatic rings. The lowest BCUT2D eigenvalue weighted by atomic mass is 10.0. The highest BCUT2D eigenvalue weighted by molar-refractivity contribution is 5.92. The summed E-state index contributed by atoms with van der Waals surface area (Å²) >= 11 is 0. The highest BCUT2D eigenvalue weighted by Crippen LogP contribution is 2.35. The molecule has 0 atom stereocenters. The second-order valence-electron chi connectivity index (χ2n) is 7.22. The van der Waals surface area contributed by atoms with Gasteiger partial charge in [-0.2, -0.15) is 0 Å². The highest BCUT2D eigenvalue weighted by Gasteiger charge is 2.37. The van der Waals surface area contributed by atoms with Crippen molar-refractivity contribution in [3.63, 3.8) is 0 Å². The van der Waals surface area contributed by atoms with Gasteiger partial charge in [-0.25, -0.2) is 15.0 Å². The van der Waals surface area contributed by atoms with Gasteiger partial charge in [0.2, 0.25) is 0 Å². The lowest BCUT2D eigenvalue weighted by Gasteiger charge is -2.39. The summed E-state index contributed by atoms with van der Waals surface area (Å²) in [5.41, 5.74) is 2.24. The number of aromatic nitrogens is 4. The molecule has 2 fully saturated rings. The molecule has 7 heteroatoms. The first-order valence-corrected chi connectivity index (χ1v) is 9.27. The van der Waals surface area contributed by atoms with E-state index in [1.165, 1.54) is 12.8 Å². The fourth-order valence-corrected chi connectivity index (χ4v) is 3.62. The third-order valence-electron chi connectivity index (χ3n) is 5.14. The van der Waals surface area contributed by atoms with Crippen LogP contribution in [0.4, 0.5) is 5.82 Å². The molecule has 4 rings (SSSR count). The standard InChI is InChI=1S/C19H24N6O/c1-13-9-18(23-12-22-13)25(15-3-4-15)16-5-7-24(8-6-16)19(26)17-11-20-14(2)10-21-17/h9-12,15-16H,3-8H2,1-2H3. The highest BCUT2D eigenvalue weighted by atomic mass is 16.2. The largest absolute Gasteiger partial charge is 0.350 e. The summed E-state index contributed by atoms with van der Waals surface area (Å²) in [7, 11) is 0. The fourth-order valence-electron chi connectivity index (χ4n) is 3.62. The van der Waals surface area contributed by atoms with Gasteiger partial charge in [0.25, 0.3) is 5.91 Å². The zero-order valence-electron chi connectivity index (χ0n) is 15.3. The van der Waals surface area contributed by atoms with Gasteiger partial charge >= 0.3 is 0 Å². The van der Waals surface area contributed by atoms with E-state index in [-0.39, 0.29) is 5.91 Å². The van der Waals surface area contributed by atoms with Crippen molar-refractivity contribution in [2.45, 2.75) is 51.6 Å². The molecule has 0 aromatic carbocycles. The monoisotopic (exact) mass is 352 g/mol. The van der Waals surface area contributed by atoms with E-state index in [4.69, 9.17) is 0 Å². The van der Waals surface area contributed by atoms with E-state index in [0.29, 0.717) is 17.8 Å². The van der Waals surface area contributed by atoms with Crippen LogP contribution in [0.3, 0.4) is 0 Å². The third kappa shape index (κ3) is 3.52. The predicted molar refractivity (Wildman–Crippen MR) is 98.0 cm³/mol. The van der Waals surface area contributed by atoms with E-state index in [9.17, 15) is 4.79 Å². The number of piperidine rings is 1. The Hall–Kier alpha value is -2.57. The Morgan fingerprint density at radius 3 is 2.31 bits per heavy atom. The first-order valence-electron chi connectivity index (χ1n) is 9.27. The minimum Gasteiger partial charge on any atom is -0.350 e. The van der Waals surface area contributed by atoms with E-state index < -0.39 is 0 Å². The summed E-state index contributed by atoms with van der Waals surface area (Å²) in [4.78, 5) is 34.1. The van der Waals surface area contributed by atoms with Gasteiger partial charge in [-0.1, -0.05) is 0 Å². The Bertz CT molecular complexity index is 781. The number of hydrogen-bond donors (Lipinski definition) is 0. The van der Waals surface area contributed by atoms with E-state index in [0.717, 1.165) is 43.1 Å². The van der Waals surface area contributed by atoms with Crippen molar-refractivity contribution in [2.24, 2.45) is 0 Å². The molecule has 0 bridgehead atoms. The van der Waals surface area contributed by atoms with E-state index in [2.05, 4.69) is 30.9 Å². The van der Waals surface area contributed by atoms with E-state index in [1.807, 2.05) is 18.7 Å². The van der Waals surface area contributed by atoms with Crippen LogP contribution in [0.25, 0.3) is 0 Å². The number of anilines is 1. The lowest BCUT2D eigenvalue weighted by Crippen LogP contribution is -2.48. The van der Waals surface area contributed by atoms with Gasteiger partial charge in [0, 0.05) is 43.1 Å². The number of carbonyl (C=O) groups is 1. The topological polar surface area (TPSA) is 75.1 Å². The molecule has 26 heavy (non-hydrogen) atoms. The molecule has 0 N–H and O–H groups in total. The molecule has 0 spiro atoms. The Labute approximate surface area is 153 Å². The summed E-state index contributed by atoms with van der Waals surface area (Å²) in [5.74, 6) is 1.00. The van der Waals surface area contributed by atoms with Crippen LogP contribution in [0, 0.1) is 13.8 Å². The average molecular weight is 352 g/mol. The number of likely N-dealkylation sites (tertiary alicyclic amines) is 1. The maximum atomic E-state index is 12.6. The first-order chi connectivity index (χ1) is 12.6. The van der Waals surface area contributed by atoms with Gasteiger partial charge in [0.05, 0.1) is 11.9 Å². The number of rotatable bonds is 4. The minimum atomic E-state index is -0.0215. The Balaban J connectivity index is 1.43. The number of amides is 1. The molecular weight excluding hydrogens is 328 g/mol. The molecule has 1 saturated heterocycles. The zero-order valence-corrected chi connectivity index (χ0v) is 15.3. The van der Waals surface area contributed by atoms with Crippen LogP contribution in [0.1, 0.15) is 47.6 Å². The van der Waals surface area contributed by atoms with Crippen LogP contribution in [0.2, 0.25) is 0 Å². The van der Waals surface area contributed by atoms with Crippen molar-refractivity contribution in [1.82, 2.24) is 24.8 Å². The quantitative estimate of drug-likeness (QED) is 0.839. The number of hydrogen-bond acceptors (Lipinski definition) is 6. The molecule has 1 aliphatic carbocycles. The van der Waals surface area contributed by atoms with Crippen molar-refractivity contribution in [1.29, 1.82) is 0 Å². The molecule has 3 heterocycles. The maximum absolute atomic E-state index is 12.6. The fraction of sp³-hybridized carbons (Fsp3) is 0.526. The second kappa shape index (κ2) is 6.97. The molecule has 0 unspecified atom stereocenters. The molecule has 0 radical (unpaired) electrons. The predicted octanol–water partition coefficient (Wildman–Crippen LogP) is 2.16. The molecule has 1 saturated carbocycles. The van der Waals surface area contributed by atoms with Crippen LogP contribution in [0.15, 0.2) is 24.8 Å². The van der Waals surface area contributed by atoms with Crippen LogP contribution in [-0.4, -0.2) is 55.9 Å². The van der Waals surface area contributed by atoms with E-state index in [1.54, 1.807) is 18.7 Å². The average Bonchev–Trinajstić information content (AvgIpc) is 3.48. The van der Waals surface area contributed by atoms with Crippen molar-refractivity contribution in [3.8, 4) is 0 Å². The number of aryl methyl sites for hydroxylation is 2. The minimum absolute atomic E-state index is 0.0215. The second-order valence-corrected chi connectivity index (χ2v) is 7.22. The Kier molecular flexibility index (Phi) is 4.53. The summed E-state index contributed by atoms with van der Waals surface area (Å²) in [6.45, 7) is 5.35. The van der Waals surface area contributed by atoms with Gasteiger partial charge in [-0.3, -0.25) is 9.78 Å². The van der Waals surface area contributed by atoms with Crippen LogP contribution in [0.5, 0.6) is 0 Å². The first kappa shape index (κ1) is 16.9. The molecule has 2 aromatic heterocycles. The van der Waals surface area contributed by atoms with Crippen LogP contribution >= 0.6 is 0 Å². The molecular formula is C19H24N6O. The summed E-state index contributed by atoms with van der Waals surface area (Å²) in [6.07, 6.45) is 9.21. The summed E-state index contributed by atoms with van der Waals surface area (Å²) < 4.78 is 0.